The van der Waals surface area contributed by atoms with Gasteiger partial charge in [0.25, 0.3) is 0 Å². The number of hydrazine groups is 2. The van der Waals surface area contributed by atoms with Crippen LogP contribution in [0, 0.1) is 12.7 Å². The normalized spacial score (nSPS) is 14.3. The van der Waals surface area contributed by atoms with E-state index < -0.39 is 0 Å². The second-order valence-electron chi connectivity index (χ2n) is 7.53. The number of para-hydroxylation sites is 1. The highest BCUT2D eigenvalue weighted by Crippen LogP contribution is 2.40. The van der Waals surface area contributed by atoms with Gasteiger partial charge in [0.05, 0.1) is 11.4 Å². The first-order valence-electron chi connectivity index (χ1n) is 9.20. The summed E-state index contributed by atoms with van der Waals surface area (Å²) >= 11 is 0. The van der Waals surface area contributed by atoms with Gasteiger partial charge < -0.3 is 0 Å². The van der Waals surface area contributed by atoms with Gasteiger partial charge in [-0.1, -0.05) is 45.9 Å². The van der Waals surface area contributed by atoms with E-state index >= 15 is 0 Å². The molecule has 0 atom stereocenters. The minimum absolute atomic E-state index is 0.210. The molecule has 0 saturated heterocycles. The van der Waals surface area contributed by atoms with E-state index in [-0.39, 0.29) is 5.82 Å². The van der Waals surface area contributed by atoms with E-state index in [4.69, 9.17) is 0 Å². The molecule has 0 N–H and O–H groups in total. The van der Waals surface area contributed by atoms with Crippen LogP contribution >= 0.6 is 0 Å². The van der Waals surface area contributed by atoms with Crippen LogP contribution in [0.1, 0.15) is 56.2 Å². The molecule has 0 saturated carbocycles. The molecule has 3 rings (SSSR count). The lowest BCUT2D eigenvalue weighted by Gasteiger charge is -2.38. The van der Waals surface area contributed by atoms with Crippen molar-refractivity contribution in [2.24, 2.45) is 0 Å². The second kappa shape index (κ2) is 7.02. The predicted molar refractivity (Wildman–Crippen MR) is 108 cm³/mol. The van der Waals surface area contributed by atoms with E-state index in [0.29, 0.717) is 11.8 Å². The first-order valence-corrected chi connectivity index (χ1v) is 9.20. The number of rotatable bonds is 4. The standard InChI is InChI=1S/C22H28FN3/c1-15(2)19-8-7-9-20(16(3)4)22(19)25-13-12-24(6)26(25)21-11-10-18(23)14-17(21)5/h7-16H,1-6H3. The molecule has 4 heteroatoms. The minimum atomic E-state index is -0.210. The molecule has 2 aromatic carbocycles. The minimum Gasteiger partial charge on any atom is -0.275 e. The Morgan fingerprint density at radius 3 is 2.04 bits per heavy atom. The summed E-state index contributed by atoms with van der Waals surface area (Å²) in [6.45, 7) is 10.8. The summed E-state index contributed by atoms with van der Waals surface area (Å²) in [4.78, 5) is 0. The van der Waals surface area contributed by atoms with E-state index in [2.05, 4.69) is 62.2 Å². The summed E-state index contributed by atoms with van der Waals surface area (Å²) in [6, 6.07) is 11.5. The van der Waals surface area contributed by atoms with Crippen molar-refractivity contribution in [2.75, 3.05) is 17.2 Å². The van der Waals surface area contributed by atoms with E-state index in [1.54, 1.807) is 6.07 Å². The van der Waals surface area contributed by atoms with Crippen molar-refractivity contribution in [3.05, 3.63) is 71.3 Å². The molecule has 0 bridgehead atoms. The molecular weight excluding hydrogens is 325 g/mol. The number of hydrogen-bond acceptors (Lipinski definition) is 3. The molecule has 0 radical (unpaired) electrons. The molecule has 0 unspecified atom stereocenters. The first-order chi connectivity index (χ1) is 12.3. The fraction of sp³-hybridized carbons (Fsp3) is 0.364. The summed E-state index contributed by atoms with van der Waals surface area (Å²) in [5.41, 5.74) is 5.69. The summed E-state index contributed by atoms with van der Waals surface area (Å²) in [6.07, 6.45) is 4.11. The Morgan fingerprint density at radius 1 is 0.885 bits per heavy atom. The van der Waals surface area contributed by atoms with Crippen LogP contribution in [0.5, 0.6) is 0 Å². The van der Waals surface area contributed by atoms with E-state index in [9.17, 15) is 4.39 Å². The molecule has 26 heavy (non-hydrogen) atoms. The lowest BCUT2D eigenvalue weighted by molar-refractivity contribution is 0.440. The van der Waals surface area contributed by atoms with Gasteiger partial charge in [-0.3, -0.25) is 5.01 Å². The van der Waals surface area contributed by atoms with Crippen molar-refractivity contribution in [3.8, 4) is 0 Å². The fourth-order valence-electron chi connectivity index (χ4n) is 3.51. The molecule has 0 aliphatic carbocycles. The lowest BCUT2D eigenvalue weighted by Crippen LogP contribution is -2.44. The van der Waals surface area contributed by atoms with Crippen molar-refractivity contribution >= 4 is 11.4 Å². The zero-order chi connectivity index (χ0) is 19.0. The van der Waals surface area contributed by atoms with Gasteiger partial charge in [-0.25, -0.2) is 9.40 Å². The zero-order valence-electron chi connectivity index (χ0n) is 16.5. The lowest BCUT2D eigenvalue weighted by atomic mass is 9.92. The Hall–Kier alpha value is -2.49. The maximum Gasteiger partial charge on any atom is 0.123 e. The van der Waals surface area contributed by atoms with Crippen molar-refractivity contribution in [2.45, 2.75) is 46.5 Å². The molecule has 0 amide bonds. The van der Waals surface area contributed by atoms with Crippen LogP contribution in [0.15, 0.2) is 48.8 Å². The highest BCUT2D eigenvalue weighted by Gasteiger charge is 2.29. The molecule has 138 valence electrons. The summed E-state index contributed by atoms with van der Waals surface area (Å²) in [5.74, 6) is 0.594. The van der Waals surface area contributed by atoms with Gasteiger partial charge in [0.15, 0.2) is 0 Å². The average molecular weight is 353 g/mol. The molecule has 0 spiro atoms. The summed E-state index contributed by atoms with van der Waals surface area (Å²) in [5, 5.41) is 6.31. The maximum absolute atomic E-state index is 13.6. The van der Waals surface area contributed by atoms with Crippen LogP contribution in [0.4, 0.5) is 15.8 Å². The van der Waals surface area contributed by atoms with E-state index in [1.165, 1.54) is 22.9 Å². The monoisotopic (exact) mass is 353 g/mol. The van der Waals surface area contributed by atoms with Gasteiger partial charge in [-0.2, -0.15) is 5.12 Å². The number of aryl methyl sites for hydroxylation is 1. The maximum atomic E-state index is 13.6. The number of halogens is 1. The van der Waals surface area contributed by atoms with Gasteiger partial charge >= 0.3 is 0 Å². The molecule has 0 aromatic heterocycles. The Kier molecular flexibility index (Phi) is 4.94. The van der Waals surface area contributed by atoms with Gasteiger partial charge in [-0.15, -0.1) is 0 Å². The Bertz CT molecular complexity index is 800. The predicted octanol–water partition coefficient (Wildman–Crippen LogP) is 5.94. The van der Waals surface area contributed by atoms with Crippen LogP contribution in [0.25, 0.3) is 0 Å². The van der Waals surface area contributed by atoms with E-state index in [0.717, 1.165) is 11.3 Å². The highest BCUT2D eigenvalue weighted by atomic mass is 19.1. The second-order valence-corrected chi connectivity index (χ2v) is 7.53. The zero-order valence-corrected chi connectivity index (χ0v) is 16.5. The SMILES string of the molecule is Cc1cc(F)ccc1N1N(C)C=CN1c1c(C(C)C)cccc1C(C)C. The Morgan fingerprint density at radius 2 is 1.50 bits per heavy atom. The van der Waals surface area contributed by atoms with Crippen LogP contribution in [-0.4, -0.2) is 12.1 Å². The Balaban J connectivity index is 2.17. The summed E-state index contributed by atoms with van der Waals surface area (Å²) < 4.78 is 13.6. The fourth-order valence-corrected chi connectivity index (χ4v) is 3.51. The quantitative estimate of drug-likeness (QED) is 0.673. The van der Waals surface area contributed by atoms with E-state index in [1.807, 2.05) is 31.2 Å². The van der Waals surface area contributed by atoms with Crippen LogP contribution < -0.4 is 10.1 Å². The van der Waals surface area contributed by atoms with Crippen molar-refractivity contribution in [1.29, 1.82) is 0 Å². The number of benzene rings is 2. The molecule has 1 aliphatic rings. The number of hydrogen-bond donors (Lipinski definition) is 0. The molecule has 1 aliphatic heterocycles. The van der Waals surface area contributed by atoms with Crippen LogP contribution in [0.3, 0.4) is 0 Å². The third kappa shape index (κ3) is 3.16. The van der Waals surface area contributed by atoms with Gasteiger partial charge in [0.1, 0.15) is 5.82 Å². The molecule has 1 heterocycles. The number of nitrogens with zero attached hydrogens (tertiary/aromatic N) is 3. The molecule has 2 aromatic rings. The third-order valence-electron chi connectivity index (χ3n) is 4.87. The van der Waals surface area contributed by atoms with Gasteiger partial charge in [0, 0.05) is 19.4 Å². The molecule has 0 fully saturated rings. The van der Waals surface area contributed by atoms with Crippen molar-refractivity contribution in [3.63, 3.8) is 0 Å². The highest BCUT2D eigenvalue weighted by molar-refractivity contribution is 5.70. The molecular formula is C22H28FN3. The average Bonchev–Trinajstić information content (AvgIpc) is 2.95. The smallest absolute Gasteiger partial charge is 0.123 e. The van der Waals surface area contributed by atoms with Gasteiger partial charge in [0.2, 0.25) is 0 Å². The number of anilines is 2. The molecule has 3 nitrogen and oxygen atoms in total. The largest absolute Gasteiger partial charge is 0.275 e. The topological polar surface area (TPSA) is 9.72 Å². The van der Waals surface area contributed by atoms with Crippen molar-refractivity contribution < 1.29 is 4.39 Å². The van der Waals surface area contributed by atoms with Crippen molar-refractivity contribution in [1.82, 2.24) is 5.01 Å². The van der Waals surface area contributed by atoms with Crippen LogP contribution in [-0.2, 0) is 0 Å². The summed E-state index contributed by atoms with van der Waals surface area (Å²) in [7, 11) is 2.01. The Labute approximate surface area is 156 Å². The first kappa shape index (κ1) is 18.3. The van der Waals surface area contributed by atoms with Gasteiger partial charge in [-0.05, 0) is 53.6 Å². The third-order valence-corrected chi connectivity index (χ3v) is 4.87. The van der Waals surface area contributed by atoms with Crippen LogP contribution in [0.2, 0.25) is 0 Å².